The minimum atomic E-state index is -4.03. The lowest BCUT2D eigenvalue weighted by Crippen LogP contribution is -2.45. The maximum Gasteiger partial charge on any atom is 0.389 e. The average Bonchev–Trinajstić information content (AvgIpc) is 2.01. The third-order valence-corrected chi connectivity index (χ3v) is 2.06. The summed E-state index contributed by atoms with van der Waals surface area (Å²) in [6.07, 6.45) is -4.59. The highest BCUT2D eigenvalue weighted by atomic mass is 19.4. The van der Waals surface area contributed by atoms with Gasteiger partial charge in [-0.2, -0.15) is 13.2 Å². The fraction of sp³-hybridized carbons (Fsp3) is 1.00. The summed E-state index contributed by atoms with van der Waals surface area (Å²) >= 11 is 0. The summed E-state index contributed by atoms with van der Waals surface area (Å²) in [5.41, 5.74) is -0.0712. The van der Waals surface area contributed by atoms with E-state index in [4.69, 9.17) is 0 Å². The van der Waals surface area contributed by atoms with Crippen molar-refractivity contribution in [2.24, 2.45) is 0 Å². The molecule has 14 heavy (non-hydrogen) atoms. The van der Waals surface area contributed by atoms with Crippen LogP contribution < -0.4 is 10.6 Å². The van der Waals surface area contributed by atoms with Crippen molar-refractivity contribution >= 4 is 0 Å². The molecule has 0 atom stereocenters. The predicted octanol–water partition coefficient (Wildman–Crippen LogP) is 1.92. The van der Waals surface area contributed by atoms with Gasteiger partial charge in [0.1, 0.15) is 0 Å². The molecule has 86 valence electrons. The van der Waals surface area contributed by atoms with E-state index in [0.29, 0.717) is 13.1 Å². The van der Waals surface area contributed by atoms with Gasteiger partial charge in [-0.3, -0.25) is 0 Å². The van der Waals surface area contributed by atoms with Crippen molar-refractivity contribution < 1.29 is 13.2 Å². The van der Waals surface area contributed by atoms with Gasteiger partial charge in [-0.15, -0.1) is 0 Å². The Hall–Kier alpha value is -0.290. The molecule has 0 bridgehead atoms. The molecule has 0 aromatic rings. The summed E-state index contributed by atoms with van der Waals surface area (Å²) in [6, 6.07) is 0. The zero-order valence-electron chi connectivity index (χ0n) is 8.96. The Morgan fingerprint density at radius 1 is 1.14 bits per heavy atom. The van der Waals surface area contributed by atoms with Gasteiger partial charge in [0.05, 0.1) is 0 Å². The molecule has 0 saturated heterocycles. The number of halogens is 3. The van der Waals surface area contributed by atoms with Crippen molar-refractivity contribution in [1.82, 2.24) is 10.6 Å². The summed E-state index contributed by atoms with van der Waals surface area (Å²) in [4.78, 5) is 0. The van der Waals surface area contributed by atoms with Gasteiger partial charge < -0.3 is 10.6 Å². The van der Waals surface area contributed by atoms with Gasteiger partial charge in [0, 0.05) is 18.5 Å². The topological polar surface area (TPSA) is 24.1 Å². The van der Waals surface area contributed by atoms with Gasteiger partial charge >= 0.3 is 6.18 Å². The second kappa shape index (κ2) is 5.56. The molecule has 0 aliphatic rings. The minimum Gasteiger partial charge on any atom is -0.315 e. The number of hydrogen-bond donors (Lipinski definition) is 2. The molecule has 0 saturated carbocycles. The molecule has 0 rings (SSSR count). The van der Waals surface area contributed by atoms with Crippen molar-refractivity contribution in [3.63, 3.8) is 0 Å². The Morgan fingerprint density at radius 3 is 2.14 bits per heavy atom. The van der Waals surface area contributed by atoms with Crippen LogP contribution in [-0.4, -0.2) is 31.9 Å². The lowest BCUT2D eigenvalue weighted by atomic mass is 10.1. The highest BCUT2D eigenvalue weighted by Gasteiger charge is 2.25. The molecule has 5 heteroatoms. The second-order valence-electron chi connectivity index (χ2n) is 4.03. The number of alkyl halides is 3. The maximum absolute atomic E-state index is 11.7. The van der Waals surface area contributed by atoms with Crippen LogP contribution in [0.4, 0.5) is 13.2 Å². The minimum absolute atomic E-state index is 0.0712. The van der Waals surface area contributed by atoms with Crippen LogP contribution >= 0.6 is 0 Å². The summed E-state index contributed by atoms with van der Waals surface area (Å²) in [5, 5.41) is 6.05. The Kier molecular flexibility index (Phi) is 5.44. The van der Waals surface area contributed by atoms with Gasteiger partial charge in [-0.25, -0.2) is 0 Å². The van der Waals surface area contributed by atoms with Gasteiger partial charge in [-0.1, -0.05) is 0 Å². The number of rotatable bonds is 6. The molecule has 0 fully saturated rings. The predicted molar refractivity (Wildman–Crippen MR) is 51.3 cm³/mol. The highest BCUT2D eigenvalue weighted by Crippen LogP contribution is 2.20. The summed E-state index contributed by atoms with van der Waals surface area (Å²) in [5.74, 6) is 0. The smallest absolute Gasteiger partial charge is 0.315 e. The average molecular weight is 212 g/mol. The Labute approximate surface area is 83.3 Å². The lowest BCUT2D eigenvalue weighted by Gasteiger charge is -2.24. The monoisotopic (exact) mass is 212 g/mol. The van der Waals surface area contributed by atoms with Crippen molar-refractivity contribution in [2.45, 2.75) is 38.4 Å². The van der Waals surface area contributed by atoms with Crippen LogP contribution in [0.3, 0.4) is 0 Å². The van der Waals surface area contributed by atoms with Gasteiger partial charge in [0.2, 0.25) is 0 Å². The molecule has 0 aromatic carbocycles. The molecule has 2 N–H and O–H groups in total. The van der Waals surface area contributed by atoms with E-state index in [1.807, 2.05) is 20.9 Å². The maximum atomic E-state index is 11.7. The third kappa shape index (κ3) is 8.31. The van der Waals surface area contributed by atoms with Crippen molar-refractivity contribution in [3.05, 3.63) is 0 Å². The first-order valence-electron chi connectivity index (χ1n) is 4.73. The second-order valence-corrected chi connectivity index (χ2v) is 4.03. The molecule has 2 nitrogen and oxygen atoms in total. The molecule has 0 radical (unpaired) electrons. The Morgan fingerprint density at radius 2 is 1.71 bits per heavy atom. The SMILES string of the molecule is CNC(C)(C)CNCCCC(F)(F)F. The van der Waals surface area contributed by atoms with E-state index in [2.05, 4.69) is 10.6 Å². The zero-order chi connectivity index (χ0) is 11.2. The van der Waals surface area contributed by atoms with E-state index < -0.39 is 12.6 Å². The molecule has 0 aromatic heterocycles. The molecule has 0 aliphatic heterocycles. The summed E-state index contributed by atoms with van der Waals surface area (Å²) in [7, 11) is 1.83. The van der Waals surface area contributed by atoms with E-state index in [0.717, 1.165) is 0 Å². The van der Waals surface area contributed by atoms with Gasteiger partial charge in [0.15, 0.2) is 0 Å². The van der Waals surface area contributed by atoms with Crippen LogP contribution in [-0.2, 0) is 0 Å². The third-order valence-electron chi connectivity index (χ3n) is 2.06. The van der Waals surface area contributed by atoms with Gasteiger partial charge in [-0.05, 0) is 33.9 Å². The first kappa shape index (κ1) is 13.7. The molecule has 0 unspecified atom stereocenters. The van der Waals surface area contributed by atoms with E-state index >= 15 is 0 Å². The molecular formula is C9H19F3N2. The molecular weight excluding hydrogens is 193 g/mol. The van der Waals surface area contributed by atoms with Crippen molar-refractivity contribution in [3.8, 4) is 0 Å². The van der Waals surface area contributed by atoms with Crippen LogP contribution in [0.1, 0.15) is 26.7 Å². The number of nitrogens with one attached hydrogen (secondary N) is 2. The van der Waals surface area contributed by atoms with E-state index in [1.54, 1.807) is 0 Å². The zero-order valence-corrected chi connectivity index (χ0v) is 8.96. The van der Waals surface area contributed by atoms with Crippen molar-refractivity contribution in [1.29, 1.82) is 0 Å². The highest BCUT2D eigenvalue weighted by molar-refractivity contribution is 4.77. The summed E-state index contributed by atoms with van der Waals surface area (Å²) in [6.45, 7) is 5.06. The van der Waals surface area contributed by atoms with Crippen LogP contribution in [0.25, 0.3) is 0 Å². The standard InChI is InChI=1S/C9H19F3N2/c1-8(2,13-3)7-14-6-4-5-9(10,11)12/h13-14H,4-7H2,1-3H3. The molecule has 0 spiro atoms. The summed E-state index contributed by atoms with van der Waals surface area (Å²) < 4.78 is 35.2. The normalized spacial score (nSPS) is 13.3. The quantitative estimate of drug-likeness (QED) is 0.657. The first-order valence-corrected chi connectivity index (χ1v) is 4.73. The molecule has 0 aliphatic carbocycles. The van der Waals surface area contributed by atoms with E-state index in [9.17, 15) is 13.2 Å². The molecule has 0 heterocycles. The van der Waals surface area contributed by atoms with Crippen LogP contribution in [0.2, 0.25) is 0 Å². The Balaban J connectivity index is 3.39. The lowest BCUT2D eigenvalue weighted by molar-refractivity contribution is -0.135. The fourth-order valence-corrected chi connectivity index (χ4v) is 0.903. The van der Waals surface area contributed by atoms with Crippen molar-refractivity contribution in [2.75, 3.05) is 20.1 Å². The largest absolute Gasteiger partial charge is 0.389 e. The van der Waals surface area contributed by atoms with Gasteiger partial charge in [0.25, 0.3) is 0 Å². The van der Waals surface area contributed by atoms with E-state index in [1.165, 1.54) is 0 Å². The van der Waals surface area contributed by atoms with Crippen LogP contribution in [0.5, 0.6) is 0 Å². The fourth-order valence-electron chi connectivity index (χ4n) is 0.903. The number of hydrogen-bond acceptors (Lipinski definition) is 2. The molecule has 0 amide bonds. The van der Waals surface area contributed by atoms with Crippen LogP contribution in [0, 0.1) is 0 Å². The Bertz CT molecular complexity index is 155. The first-order chi connectivity index (χ1) is 6.27. The van der Waals surface area contributed by atoms with Crippen LogP contribution in [0.15, 0.2) is 0 Å². The number of likely N-dealkylation sites (N-methyl/N-ethyl adjacent to an activating group) is 1. The van der Waals surface area contributed by atoms with E-state index in [-0.39, 0.29) is 12.0 Å².